The van der Waals surface area contributed by atoms with E-state index in [1.807, 2.05) is 30.6 Å². The number of hydrogen-bond donors (Lipinski definition) is 0. The number of aryl methyl sites for hydroxylation is 2. The van der Waals surface area contributed by atoms with Crippen LogP contribution in [0.15, 0.2) is 122 Å². The summed E-state index contributed by atoms with van der Waals surface area (Å²) in [7, 11) is 0. The monoisotopic (exact) mass is 816 g/mol. The van der Waals surface area contributed by atoms with E-state index in [1.54, 1.807) is 0 Å². The van der Waals surface area contributed by atoms with Crippen LogP contribution in [-0.2, 0) is 26.5 Å². The molecule has 4 aromatic carbocycles. The average molecular weight is 817 g/mol. The summed E-state index contributed by atoms with van der Waals surface area (Å²) >= 11 is 0. The molecule has 4 heterocycles. The van der Waals surface area contributed by atoms with Crippen LogP contribution >= 0.6 is 0 Å². The first-order valence-electron chi connectivity index (χ1n) is 16.3. The molecule has 0 spiro atoms. The molecule has 0 atom stereocenters. The first kappa shape index (κ1) is 32.5. The molecular weight excluding hydrogens is 782 g/mol. The van der Waals surface area contributed by atoms with Crippen LogP contribution < -0.4 is 4.74 Å². The van der Waals surface area contributed by atoms with Crippen LogP contribution in [0.2, 0.25) is 0 Å². The van der Waals surface area contributed by atoms with Crippen LogP contribution in [0.5, 0.6) is 11.5 Å². The molecule has 49 heavy (non-hydrogen) atoms. The molecular formula is C44H35N3OPt. The van der Waals surface area contributed by atoms with Gasteiger partial charge in [-0.3, -0.25) is 0 Å². The fourth-order valence-corrected chi connectivity index (χ4v) is 6.66. The number of para-hydroxylation sites is 1. The summed E-state index contributed by atoms with van der Waals surface area (Å²) in [6.45, 7) is 10.9. The molecule has 0 aliphatic rings. The average Bonchev–Trinajstić information content (AvgIpc) is 3.47. The molecule has 8 rings (SSSR count). The molecule has 8 aromatic rings. The van der Waals surface area contributed by atoms with Crippen LogP contribution in [-0.4, -0.2) is 14.4 Å². The quantitative estimate of drug-likeness (QED) is 0.162. The van der Waals surface area contributed by atoms with Gasteiger partial charge in [0.05, 0.1) is 11.3 Å². The minimum absolute atomic E-state index is 0. The smallest absolute Gasteiger partial charge is 0.496 e. The van der Waals surface area contributed by atoms with Gasteiger partial charge in [0.25, 0.3) is 0 Å². The molecule has 0 bridgehead atoms. The number of pyridine rings is 3. The Kier molecular flexibility index (Phi) is 8.46. The normalized spacial score (nSPS) is 11.6. The van der Waals surface area contributed by atoms with Crippen molar-refractivity contribution in [1.29, 1.82) is 0 Å². The second-order valence-corrected chi connectivity index (χ2v) is 13.5. The van der Waals surface area contributed by atoms with Crippen LogP contribution in [0.1, 0.15) is 37.5 Å². The van der Waals surface area contributed by atoms with Gasteiger partial charge in [0.15, 0.2) is 0 Å². The maximum Gasteiger partial charge on any atom is 2.00 e. The molecule has 0 aliphatic heterocycles. The molecule has 242 valence electrons. The minimum atomic E-state index is -0.00748. The summed E-state index contributed by atoms with van der Waals surface area (Å²) in [6.07, 6.45) is 5.96. The van der Waals surface area contributed by atoms with E-state index in [0.29, 0.717) is 11.5 Å². The second-order valence-electron chi connectivity index (χ2n) is 13.5. The molecule has 0 saturated heterocycles. The zero-order valence-electron chi connectivity index (χ0n) is 28.1. The molecule has 0 N–H and O–H groups in total. The van der Waals surface area contributed by atoms with Gasteiger partial charge in [-0.1, -0.05) is 99.0 Å². The number of rotatable bonds is 5. The van der Waals surface area contributed by atoms with Gasteiger partial charge in [-0.15, -0.1) is 35.4 Å². The van der Waals surface area contributed by atoms with Gasteiger partial charge in [-0.2, -0.15) is 0 Å². The third kappa shape index (κ3) is 6.07. The van der Waals surface area contributed by atoms with E-state index < -0.39 is 0 Å². The van der Waals surface area contributed by atoms with Crippen molar-refractivity contribution < 1.29 is 25.8 Å². The molecule has 0 unspecified atom stereocenters. The van der Waals surface area contributed by atoms with Crippen molar-refractivity contribution in [2.24, 2.45) is 0 Å². The van der Waals surface area contributed by atoms with Crippen molar-refractivity contribution in [3.8, 4) is 45.1 Å². The molecule has 0 saturated carbocycles. The second kappa shape index (κ2) is 12.8. The van der Waals surface area contributed by atoms with E-state index in [0.717, 1.165) is 49.9 Å². The van der Waals surface area contributed by atoms with Gasteiger partial charge in [0.2, 0.25) is 0 Å². The van der Waals surface area contributed by atoms with E-state index >= 15 is 0 Å². The Hall–Kier alpha value is -5.05. The Balaban J connectivity index is 0.00000378. The number of fused-ring (bicyclic) bond motifs is 5. The summed E-state index contributed by atoms with van der Waals surface area (Å²) in [6, 6.07) is 42.8. The molecule has 0 amide bonds. The Bertz CT molecular complexity index is 2470. The van der Waals surface area contributed by atoms with E-state index in [9.17, 15) is 0 Å². The van der Waals surface area contributed by atoms with Gasteiger partial charge in [0.1, 0.15) is 0 Å². The summed E-state index contributed by atoms with van der Waals surface area (Å²) in [4.78, 5) is 9.61. The SMILES string of the molecule is Cc1cccc(C)c1-c1ccc(-c2[c-]c(Oc3[c-]c(-c4cc(C(C)(C)C)ccn4)cc4ccn5c6ccccc6cc5c34)ccc2)nc1.[Pt+2]. The molecule has 0 fully saturated rings. The summed E-state index contributed by atoms with van der Waals surface area (Å²) in [5.41, 5.74) is 11.7. The van der Waals surface area contributed by atoms with Crippen molar-refractivity contribution in [1.82, 2.24) is 14.4 Å². The van der Waals surface area contributed by atoms with E-state index in [4.69, 9.17) is 14.7 Å². The zero-order chi connectivity index (χ0) is 33.0. The number of aromatic nitrogens is 3. The van der Waals surface area contributed by atoms with Crippen LogP contribution in [0.3, 0.4) is 0 Å². The van der Waals surface area contributed by atoms with Crippen molar-refractivity contribution in [3.63, 3.8) is 0 Å². The Morgan fingerprint density at radius 3 is 2.24 bits per heavy atom. The Labute approximate surface area is 301 Å². The van der Waals surface area contributed by atoms with E-state index in [1.165, 1.54) is 27.6 Å². The predicted molar refractivity (Wildman–Crippen MR) is 197 cm³/mol. The summed E-state index contributed by atoms with van der Waals surface area (Å²) in [5.74, 6) is 1.22. The minimum Gasteiger partial charge on any atom is -0.496 e. The summed E-state index contributed by atoms with van der Waals surface area (Å²) < 4.78 is 8.98. The van der Waals surface area contributed by atoms with Gasteiger partial charge < -0.3 is 19.1 Å². The van der Waals surface area contributed by atoms with Crippen LogP contribution in [0.4, 0.5) is 0 Å². The zero-order valence-corrected chi connectivity index (χ0v) is 30.4. The standard InChI is InChI=1S/C44H35N3O.Pt/c1-28-10-8-11-29(2)42(28)33-16-17-37(46-27-33)30-13-9-14-36(23-30)48-41-25-34(38-26-35(18-20-45-38)44(3,4)5)22-32-19-21-47-39-15-7-6-12-31(39)24-40(47)43(32)41;/h6-22,24,26-27H,1-5H3;/q-2;+2. The Morgan fingerprint density at radius 1 is 0.673 bits per heavy atom. The number of nitrogens with zero attached hydrogens (tertiary/aromatic N) is 3. The van der Waals surface area contributed by atoms with E-state index in [-0.39, 0.29) is 26.5 Å². The number of ether oxygens (including phenoxy) is 1. The van der Waals surface area contributed by atoms with E-state index in [2.05, 4.69) is 142 Å². The van der Waals surface area contributed by atoms with Gasteiger partial charge >= 0.3 is 21.1 Å². The first-order valence-corrected chi connectivity index (χ1v) is 16.3. The summed E-state index contributed by atoms with van der Waals surface area (Å²) in [5, 5.41) is 3.21. The topological polar surface area (TPSA) is 39.4 Å². The molecule has 0 radical (unpaired) electrons. The first-order chi connectivity index (χ1) is 23.2. The van der Waals surface area contributed by atoms with Crippen LogP contribution in [0.25, 0.3) is 60.8 Å². The fraction of sp³-hybridized carbons (Fsp3) is 0.136. The third-order valence-electron chi connectivity index (χ3n) is 9.16. The molecule has 0 aliphatic carbocycles. The van der Waals surface area contributed by atoms with Crippen LogP contribution in [0, 0.1) is 26.0 Å². The number of hydrogen-bond acceptors (Lipinski definition) is 3. The Morgan fingerprint density at radius 2 is 1.47 bits per heavy atom. The maximum atomic E-state index is 6.76. The molecule has 4 nitrogen and oxygen atoms in total. The molecule has 4 aromatic heterocycles. The molecule has 5 heteroatoms. The fourth-order valence-electron chi connectivity index (χ4n) is 6.66. The third-order valence-corrected chi connectivity index (χ3v) is 9.16. The van der Waals surface area contributed by atoms with Crippen molar-refractivity contribution in [2.75, 3.05) is 0 Å². The van der Waals surface area contributed by atoms with Gasteiger partial charge in [0, 0.05) is 29.9 Å². The number of benzene rings is 4. The van der Waals surface area contributed by atoms with Crippen molar-refractivity contribution in [2.45, 2.75) is 40.0 Å². The largest absolute Gasteiger partial charge is 2.00 e. The predicted octanol–water partition coefficient (Wildman–Crippen LogP) is 11.3. The van der Waals surface area contributed by atoms with Gasteiger partial charge in [-0.05, 0) is 87.4 Å². The van der Waals surface area contributed by atoms with Gasteiger partial charge in [-0.25, -0.2) is 0 Å². The van der Waals surface area contributed by atoms with Crippen molar-refractivity contribution in [3.05, 3.63) is 151 Å². The maximum absolute atomic E-state index is 6.76. The van der Waals surface area contributed by atoms with Crippen molar-refractivity contribution >= 4 is 27.2 Å².